The first-order chi connectivity index (χ1) is 17.7. The van der Waals surface area contributed by atoms with Crippen LogP contribution < -0.4 is 10.1 Å². The second-order valence-corrected chi connectivity index (χ2v) is 8.92. The lowest BCUT2D eigenvalue weighted by molar-refractivity contribution is 0.119. The number of aryl methyl sites for hydroxylation is 1. The van der Waals surface area contributed by atoms with Crippen LogP contribution in [0.25, 0.3) is 21.9 Å². The van der Waals surface area contributed by atoms with Gasteiger partial charge < -0.3 is 23.6 Å². The first kappa shape index (κ1) is 24.1. The standard InChI is InChI=1S/C30H32N2O4/c1-3-33-20-25-17-24-15-22(10-11-26(24)35-25)16-29-21(2)30-27(8-4-9-28(30)36-29)34-14-6-13-32-19-23-7-5-12-31-18-23/h4-5,7-12,15,17-18,32H,3,6,13-14,16,19-20H2,1-2H3. The molecule has 6 nitrogen and oxygen atoms in total. The number of ether oxygens (including phenoxy) is 2. The minimum absolute atomic E-state index is 0.493. The average Bonchev–Trinajstić information content (AvgIpc) is 3.45. The summed E-state index contributed by atoms with van der Waals surface area (Å²) < 4.78 is 23.8. The van der Waals surface area contributed by atoms with Crippen molar-refractivity contribution in [3.8, 4) is 5.75 Å². The van der Waals surface area contributed by atoms with Crippen LogP contribution in [0, 0.1) is 6.92 Å². The molecule has 186 valence electrons. The third-order valence-corrected chi connectivity index (χ3v) is 6.27. The molecule has 3 aromatic heterocycles. The van der Waals surface area contributed by atoms with E-state index in [-0.39, 0.29) is 0 Å². The molecule has 36 heavy (non-hydrogen) atoms. The second kappa shape index (κ2) is 11.4. The van der Waals surface area contributed by atoms with E-state index >= 15 is 0 Å². The van der Waals surface area contributed by atoms with Gasteiger partial charge in [-0.15, -0.1) is 0 Å². The number of fused-ring (bicyclic) bond motifs is 2. The molecule has 0 saturated carbocycles. The van der Waals surface area contributed by atoms with Crippen LogP contribution in [0.2, 0.25) is 0 Å². The third kappa shape index (κ3) is 5.61. The van der Waals surface area contributed by atoms with Gasteiger partial charge in [0.2, 0.25) is 0 Å². The highest BCUT2D eigenvalue weighted by atomic mass is 16.5. The Balaban J connectivity index is 1.22. The molecule has 5 aromatic rings. The first-order valence-corrected chi connectivity index (χ1v) is 12.5. The summed E-state index contributed by atoms with van der Waals surface area (Å²) in [6.07, 6.45) is 5.30. The molecule has 0 bridgehead atoms. The van der Waals surface area contributed by atoms with Crippen molar-refractivity contribution in [2.24, 2.45) is 0 Å². The second-order valence-electron chi connectivity index (χ2n) is 8.92. The number of hydrogen-bond donors (Lipinski definition) is 1. The molecule has 5 rings (SSSR count). The monoisotopic (exact) mass is 484 g/mol. The van der Waals surface area contributed by atoms with Crippen LogP contribution in [0.5, 0.6) is 5.75 Å². The molecule has 0 aliphatic rings. The van der Waals surface area contributed by atoms with Crippen LogP contribution in [0.1, 0.15) is 41.6 Å². The van der Waals surface area contributed by atoms with Gasteiger partial charge in [0.15, 0.2) is 0 Å². The largest absolute Gasteiger partial charge is 0.493 e. The van der Waals surface area contributed by atoms with Crippen molar-refractivity contribution in [2.45, 2.75) is 39.8 Å². The lowest BCUT2D eigenvalue weighted by atomic mass is 10.0. The molecule has 1 N–H and O–H groups in total. The first-order valence-electron chi connectivity index (χ1n) is 12.5. The smallest absolute Gasteiger partial charge is 0.138 e. The van der Waals surface area contributed by atoms with E-state index in [9.17, 15) is 0 Å². The predicted molar refractivity (Wildman–Crippen MR) is 141 cm³/mol. The minimum atomic E-state index is 0.493. The van der Waals surface area contributed by atoms with Gasteiger partial charge in [0.05, 0.1) is 12.0 Å². The lowest BCUT2D eigenvalue weighted by Crippen LogP contribution is -2.17. The number of hydrogen-bond acceptors (Lipinski definition) is 6. The summed E-state index contributed by atoms with van der Waals surface area (Å²) in [4.78, 5) is 4.15. The summed E-state index contributed by atoms with van der Waals surface area (Å²) in [6.45, 7) is 7.58. The zero-order chi connectivity index (χ0) is 24.7. The maximum atomic E-state index is 6.27. The number of nitrogens with one attached hydrogen (secondary N) is 1. The fourth-order valence-electron chi connectivity index (χ4n) is 4.43. The number of pyridine rings is 1. The minimum Gasteiger partial charge on any atom is -0.493 e. The SMILES string of the molecule is CCOCc1cc2cc(Cc3oc4cccc(OCCCNCc5cccnc5)c4c3C)ccc2o1. The Morgan fingerprint density at radius 3 is 2.78 bits per heavy atom. The number of furan rings is 2. The van der Waals surface area contributed by atoms with Crippen molar-refractivity contribution in [1.29, 1.82) is 0 Å². The molecule has 0 amide bonds. The van der Waals surface area contributed by atoms with Gasteiger partial charge in [-0.2, -0.15) is 0 Å². The Hall–Kier alpha value is -3.61. The van der Waals surface area contributed by atoms with E-state index in [1.54, 1.807) is 6.20 Å². The van der Waals surface area contributed by atoms with E-state index in [0.717, 1.165) is 64.3 Å². The fraction of sp³-hybridized carbons (Fsp3) is 0.300. The van der Waals surface area contributed by atoms with Crippen LogP contribution in [0.3, 0.4) is 0 Å². The van der Waals surface area contributed by atoms with Crippen LogP contribution in [0.15, 0.2) is 75.8 Å². The highest BCUT2D eigenvalue weighted by Crippen LogP contribution is 2.34. The van der Waals surface area contributed by atoms with E-state index in [1.807, 2.05) is 43.5 Å². The van der Waals surface area contributed by atoms with E-state index in [0.29, 0.717) is 26.2 Å². The Morgan fingerprint density at radius 2 is 1.92 bits per heavy atom. The highest BCUT2D eigenvalue weighted by molar-refractivity contribution is 5.88. The maximum Gasteiger partial charge on any atom is 0.138 e. The Morgan fingerprint density at radius 1 is 0.972 bits per heavy atom. The van der Waals surface area contributed by atoms with Crippen LogP contribution in [-0.4, -0.2) is 24.7 Å². The van der Waals surface area contributed by atoms with Gasteiger partial charge in [0.25, 0.3) is 0 Å². The molecule has 3 heterocycles. The van der Waals surface area contributed by atoms with Crippen molar-refractivity contribution in [3.05, 3.63) is 95.2 Å². The molecule has 0 unspecified atom stereocenters. The van der Waals surface area contributed by atoms with Gasteiger partial charge in [0, 0.05) is 42.9 Å². The Bertz CT molecular complexity index is 1420. The van der Waals surface area contributed by atoms with Gasteiger partial charge in [-0.3, -0.25) is 4.98 Å². The van der Waals surface area contributed by atoms with Crippen LogP contribution >= 0.6 is 0 Å². The Labute approximate surface area is 211 Å². The lowest BCUT2D eigenvalue weighted by Gasteiger charge is -2.08. The van der Waals surface area contributed by atoms with Gasteiger partial charge in [-0.25, -0.2) is 0 Å². The summed E-state index contributed by atoms with van der Waals surface area (Å²) >= 11 is 0. The summed E-state index contributed by atoms with van der Waals surface area (Å²) in [5.41, 5.74) is 5.22. The number of aromatic nitrogens is 1. The third-order valence-electron chi connectivity index (χ3n) is 6.27. The van der Waals surface area contributed by atoms with E-state index in [4.69, 9.17) is 18.3 Å². The molecule has 0 atom stereocenters. The Kier molecular flexibility index (Phi) is 7.64. The fourth-order valence-corrected chi connectivity index (χ4v) is 4.43. The molecule has 0 fully saturated rings. The zero-order valence-electron chi connectivity index (χ0n) is 20.9. The normalized spacial score (nSPS) is 11.5. The molecule has 0 radical (unpaired) electrons. The summed E-state index contributed by atoms with van der Waals surface area (Å²) in [7, 11) is 0. The molecule has 0 aliphatic heterocycles. The van der Waals surface area contributed by atoms with E-state index in [1.165, 1.54) is 11.1 Å². The summed E-state index contributed by atoms with van der Waals surface area (Å²) in [5.74, 6) is 2.67. The van der Waals surface area contributed by atoms with Crippen LogP contribution in [-0.2, 0) is 24.3 Å². The topological polar surface area (TPSA) is 69.7 Å². The molecule has 2 aromatic carbocycles. The average molecular weight is 485 g/mol. The number of nitrogens with zero attached hydrogens (tertiary/aromatic N) is 1. The number of benzene rings is 2. The van der Waals surface area contributed by atoms with Crippen molar-refractivity contribution >= 4 is 21.9 Å². The molecule has 0 saturated heterocycles. The predicted octanol–water partition coefficient (Wildman–Crippen LogP) is 6.57. The zero-order valence-corrected chi connectivity index (χ0v) is 20.9. The number of rotatable bonds is 12. The quantitative estimate of drug-likeness (QED) is 0.202. The van der Waals surface area contributed by atoms with Crippen molar-refractivity contribution in [2.75, 3.05) is 19.8 Å². The van der Waals surface area contributed by atoms with Gasteiger partial charge in [-0.05, 0) is 74.3 Å². The summed E-state index contributed by atoms with van der Waals surface area (Å²) in [6, 6.07) is 18.4. The van der Waals surface area contributed by atoms with Gasteiger partial charge >= 0.3 is 0 Å². The van der Waals surface area contributed by atoms with Crippen molar-refractivity contribution in [3.63, 3.8) is 0 Å². The molecule has 0 spiro atoms. The van der Waals surface area contributed by atoms with Gasteiger partial charge in [0.1, 0.15) is 35.0 Å². The van der Waals surface area contributed by atoms with Crippen molar-refractivity contribution in [1.82, 2.24) is 10.3 Å². The van der Waals surface area contributed by atoms with E-state index in [2.05, 4.69) is 41.5 Å². The molecular weight excluding hydrogens is 452 g/mol. The molecule has 6 heteroatoms. The summed E-state index contributed by atoms with van der Waals surface area (Å²) in [5, 5.41) is 5.58. The maximum absolute atomic E-state index is 6.27. The molecular formula is C30H32N2O4. The molecule has 0 aliphatic carbocycles. The van der Waals surface area contributed by atoms with Crippen molar-refractivity contribution < 1.29 is 18.3 Å². The highest BCUT2D eigenvalue weighted by Gasteiger charge is 2.16. The van der Waals surface area contributed by atoms with Gasteiger partial charge in [-0.1, -0.05) is 18.2 Å². The van der Waals surface area contributed by atoms with E-state index < -0.39 is 0 Å². The van der Waals surface area contributed by atoms with Crippen LogP contribution in [0.4, 0.5) is 0 Å².